The Balaban J connectivity index is 2.58. The molecule has 0 bridgehead atoms. The molecular formula is C10H20N6. The Bertz CT molecular complexity index is 314. The summed E-state index contributed by atoms with van der Waals surface area (Å²) in [7, 11) is 0. The third-order valence-electron chi connectivity index (χ3n) is 2.00. The van der Waals surface area contributed by atoms with E-state index in [2.05, 4.69) is 39.4 Å². The topological polar surface area (TPSA) is 88.8 Å². The number of unbranched alkanes of at least 4 members (excludes halogenated alkanes) is 1. The molecule has 0 atom stereocenters. The molecule has 0 aliphatic heterocycles. The summed E-state index contributed by atoms with van der Waals surface area (Å²) >= 11 is 0. The SMILES string of the molecule is CCCCNc1nc(N)nc(NCCC)n1. The first kappa shape index (κ1) is 12.5. The minimum absolute atomic E-state index is 0.243. The molecular weight excluding hydrogens is 204 g/mol. The first-order chi connectivity index (χ1) is 7.76. The minimum atomic E-state index is 0.243. The normalized spacial score (nSPS) is 10.1. The number of nitrogen functional groups attached to an aromatic ring is 1. The highest BCUT2D eigenvalue weighted by molar-refractivity contribution is 5.39. The predicted molar refractivity (Wildman–Crippen MR) is 66.4 cm³/mol. The quantitative estimate of drug-likeness (QED) is 0.608. The van der Waals surface area contributed by atoms with Crippen LogP contribution in [0.3, 0.4) is 0 Å². The van der Waals surface area contributed by atoms with Crippen molar-refractivity contribution < 1.29 is 0 Å². The lowest BCUT2D eigenvalue weighted by atomic mass is 10.3. The molecule has 0 amide bonds. The summed E-state index contributed by atoms with van der Waals surface area (Å²) in [5.74, 6) is 1.32. The van der Waals surface area contributed by atoms with Gasteiger partial charge in [0.1, 0.15) is 0 Å². The zero-order valence-corrected chi connectivity index (χ0v) is 9.95. The van der Waals surface area contributed by atoms with Crippen LogP contribution in [0.4, 0.5) is 17.8 Å². The van der Waals surface area contributed by atoms with E-state index in [0.29, 0.717) is 11.9 Å². The molecule has 90 valence electrons. The van der Waals surface area contributed by atoms with Gasteiger partial charge in [0.2, 0.25) is 17.8 Å². The molecule has 0 aliphatic rings. The van der Waals surface area contributed by atoms with Crippen molar-refractivity contribution in [1.82, 2.24) is 15.0 Å². The van der Waals surface area contributed by atoms with Crippen LogP contribution in [0.1, 0.15) is 33.1 Å². The zero-order chi connectivity index (χ0) is 11.8. The molecule has 0 radical (unpaired) electrons. The van der Waals surface area contributed by atoms with Gasteiger partial charge in [-0.2, -0.15) is 15.0 Å². The molecule has 4 N–H and O–H groups in total. The van der Waals surface area contributed by atoms with Gasteiger partial charge in [0.15, 0.2) is 0 Å². The highest BCUT2D eigenvalue weighted by Crippen LogP contribution is 2.06. The van der Waals surface area contributed by atoms with E-state index in [1.165, 1.54) is 0 Å². The summed E-state index contributed by atoms with van der Waals surface area (Å²) in [6.07, 6.45) is 3.24. The Hall–Kier alpha value is -1.59. The molecule has 0 fully saturated rings. The third kappa shape index (κ3) is 4.29. The van der Waals surface area contributed by atoms with Crippen molar-refractivity contribution in [2.75, 3.05) is 29.5 Å². The fourth-order valence-corrected chi connectivity index (χ4v) is 1.16. The van der Waals surface area contributed by atoms with Gasteiger partial charge in [-0.15, -0.1) is 0 Å². The van der Waals surface area contributed by atoms with Gasteiger partial charge in [0, 0.05) is 13.1 Å². The van der Waals surface area contributed by atoms with E-state index in [9.17, 15) is 0 Å². The van der Waals surface area contributed by atoms with Crippen LogP contribution in [0, 0.1) is 0 Å². The zero-order valence-electron chi connectivity index (χ0n) is 9.95. The lowest BCUT2D eigenvalue weighted by molar-refractivity contribution is 0.824. The summed E-state index contributed by atoms with van der Waals surface area (Å²) in [4.78, 5) is 12.2. The smallest absolute Gasteiger partial charge is 0.229 e. The molecule has 6 nitrogen and oxygen atoms in total. The van der Waals surface area contributed by atoms with E-state index in [1.54, 1.807) is 0 Å². The van der Waals surface area contributed by atoms with Crippen LogP contribution in [-0.2, 0) is 0 Å². The number of nitrogens with two attached hydrogens (primary N) is 1. The molecule has 0 saturated heterocycles. The lowest BCUT2D eigenvalue weighted by Crippen LogP contribution is -2.12. The second-order valence-electron chi connectivity index (χ2n) is 3.55. The fourth-order valence-electron chi connectivity index (χ4n) is 1.16. The van der Waals surface area contributed by atoms with Crippen LogP contribution >= 0.6 is 0 Å². The Morgan fingerprint density at radius 3 is 2.12 bits per heavy atom. The molecule has 1 rings (SSSR count). The Morgan fingerprint density at radius 1 is 0.938 bits per heavy atom. The second kappa shape index (κ2) is 6.81. The molecule has 0 aliphatic carbocycles. The summed E-state index contributed by atoms with van der Waals surface area (Å²) in [5, 5.41) is 6.20. The minimum Gasteiger partial charge on any atom is -0.368 e. The van der Waals surface area contributed by atoms with E-state index in [1.807, 2.05) is 0 Å². The van der Waals surface area contributed by atoms with E-state index < -0.39 is 0 Å². The average Bonchev–Trinajstić information content (AvgIpc) is 2.26. The lowest BCUT2D eigenvalue weighted by Gasteiger charge is -2.07. The van der Waals surface area contributed by atoms with Crippen LogP contribution in [0.5, 0.6) is 0 Å². The fraction of sp³-hybridized carbons (Fsp3) is 0.700. The highest BCUT2D eigenvalue weighted by Gasteiger charge is 2.02. The number of anilines is 3. The average molecular weight is 224 g/mol. The Labute approximate surface area is 96.1 Å². The standard InChI is InChI=1S/C10H20N6/c1-3-5-7-13-10-15-8(11)14-9(16-10)12-6-4-2/h3-7H2,1-2H3,(H4,11,12,13,14,15,16). The van der Waals surface area contributed by atoms with Crippen LogP contribution in [-0.4, -0.2) is 28.0 Å². The molecule has 1 aromatic heterocycles. The summed E-state index contributed by atoms with van der Waals surface area (Å²) in [6, 6.07) is 0. The predicted octanol–water partition coefficient (Wildman–Crippen LogP) is 1.49. The van der Waals surface area contributed by atoms with Gasteiger partial charge in [-0.25, -0.2) is 0 Å². The molecule has 0 spiro atoms. The van der Waals surface area contributed by atoms with E-state index in [0.717, 1.165) is 32.4 Å². The van der Waals surface area contributed by atoms with Crippen LogP contribution in [0.15, 0.2) is 0 Å². The first-order valence-electron chi connectivity index (χ1n) is 5.75. The number of rotatable bonds is 7. The van der Waals surface area contributed by atoms with Crippen LogP contribution in [0.25, 0.3) is 0 Å². The van der Waals surface area contributed by atoms with E-state index >= 15 is 0 Å². The van der Waals surface area contributed by atoms with Gasteiger partial charge in [0.25, 0.3) is 0 Å². The number of hydrogen-bond donors (Lipinski definition) is 3. The first-order valence-corrected chi connectivity index (χ1v) is 5.75. The summed E-state index contributed by atoms with van der Waals surface area (Å²) < 4.78 is 0. The van der Waals surface area contributed by atoms with Crippen molar-refractivity contribution in [2.45, 2.75) is 33.1 Å². The van der Waals surface area contributed by atoms with Crippen molar-refractivity contribution in [2.24, 2.45) is 0 Å². The number of hydrogen-bond acceptors (Lipinski definition) is 6. The van der Waals surface area contributed by atoms with Crippen molar-refractivity contribution >= 4 is 17.8 Å². The number of nitrogens with one attached hydrogen (secondary N) is 2. The maximum atomic E-state index is 5.59. The van der Waals surface area contributed by atoms with E-state index in [-0.39, 0.29) is 5.95 Å². The van der Waals surface area contributed by atoms with Gasteiger partial charge in [-0.05, 0) is 12.8 Å². The van der Waals surface area contributed by atoms with Gasteiger partial charge < -0.3 is 16.4 Å². The maximum Gasteiger partial charge on any atom is 0.229 e. The molecule has 0 saturated carbocycles. The summed E-state index contributed by atoms with van der Waals surface area (Å²) in [6.45, 7) is 5.90. The monoisotopic (exact) mass is 224 g/mol. The van der Waals surface area contributed by atoms with Gasteiger partial charge in [-0.3, -0.25) is 0 Å². The third-order valence-corrected chi connectivity index (χ3v) is 2.00. The molecule has 0 unspecified atom stereocenters. The molecule has 0 aromatic carbocycles. The van der Waals surface area contributed by atoms with Crippen LogP contribution < -0.4 is 16.4 Å². The van der Waals surface area contributed by atoms with Gasteiger partial charge in [-0.1, -0.05) is 20.3 Å². The molecule has 6 heteroatoms. The Kier molecular flexibility index (Phi) is 5.31. The van der Waals surface area contributed by atoms with Crippen molar-refractivity contribution in [3.05, 3.63) is 0 Å². The van der Waals surface area contributed by atoms with Gasteiger partial charge in [0.05, 0.1) is 0 Å². The number of nitrogens with zero attached hydrogens (tertiary/aromatic N) is 3. The molecule has 1 heterocycles. The van der Waals surface area contributed by atoms with Crippen molar-refractivity contribution in [1.29, 1.82) is 0 Å². The maximum absolute atomic E-state index is 5.59. The molecule has 16 heavy (non-hydrogen) atoms. The second-order valence-corrected chi connectivity index (χ2v) is 3.55. The van der Waals surface area contributed by atoms with E-state index in [4.69, 9.17) is 5.73 Å². The van der Waals surface area contributed by atoms with Crippen molar-refractivity contribution in [3.63, 3.8) is 0 Å². The van der Waals surface area contributed by atoms with Gasteiger partial charge >= 0.3 is 0 Å². The highest BCUT2D eigenvalue weighted by atomic mass is 15.2. The number of aromatic nitrogens is 3. The summed E-state index contributed by atoms with van der Waals surface area (Å²) in [5.41, 5.74) is 5.59. The van der Waals surface area contributed by atoms with Crippen LogP contribution in [0.2, 0.25) is 0 Å². The van der Waals surface area contributed by atoms with Crippen molar-refractivity contribution in [3.8, 4) is 0 Å². The Morgan fingerprint density at radius 2 is 1.56 bits per heavy atom. The molecule has 1 aromatic rings. The largest absolute Gasteiger partial charge is 0.368 e.